The lowest BCUT2D eigenvalue weighted by atomic mass is 9.71. The summed E-state index contributed by atoms with van der Waals surface area (Å²) < 4.78 is 0. The topological polar surface area (TPSA) is 94.8 Å². The van der Waals surface area contributed by atoms with Crippen molar-refractivity contribution in [3.05, 3.63) is 36.5 Å². The van der Waals surface area contributed by atoms with E-state index < -0.39 is 29.4 Å². The molecule has 0 amide bonds. The van der Waals surface area contributed by atoms with Gasteiger partial charge in [0.05, 0.1) is 6.61 Å². The van der Waals surface area contributed by atoms with Gasteiger partial charge in [-0.25, -0.2) is 0 Å². The molecule has 0 heterocycles. The molecule has 3 N–H and O–H groups in total. The molecule has 0 fully saturated rings. The molecule has 0 radical (unpaired) electrons. The van der Waals surface area contributed by atoms with E-state index in [1.165, 1.54) is 128 Å². The zero-order valence-corrected chi connectivity index (χ0v) is 40.3. The summed E-state index contributed by atoms with van der Waals surface area (Å²) in [6, 6.07) is 0. The molecule has 0 bridgehead atoms. The average Bonchev–Trinajstić information content (AvgIpc) is 3.25. The van der Waals surface area contributed by atoms with Gasteiger partial charge in [-0.3, -0.25) is 9.59 Å². The second kappa shape index (κ2) is 44.1. The number of rotatable bonds is 48. The fourth-order valence-electron chi connectivity index (χ4n) is 8.47. The van der Waals surface area contributed by atoms with E-state index in [1.807, 2.05) is 0 Å². The first-order valence-electron chi connectivity index (χ1n) is 26.4. The van der Waals surface area contributed by atoms with Crippen molar-refractivity contribution in [3.63, 3.8) is 0 Å². The van der Waals surface area contributed by atoms with E-state index >= 15 is 0 Å². The standard InChI is InChI=1S/C55H102O5/c1-4-7-10-13-16-19-22-25-27-29-32-35-38-41-44-47-50-54(59,52(57)48-45-42-39-36-34-31-28-26-23-20-17-14-11-8-5-2)55(60,51-56)53(58)49-46-43-40-37-33-30-24-21-18-15-12-9-6-3/h16,19,25-28,56,59-60H,4-15,17-18,20-24,29-51H2,1-3H3. The highest BCUT2D eigenvalue weighted by Gasteiger charge is 2.57. The van der Waals surface area contributed by atoms with Crippen molar-refractivity contribution in [1.29, 1.82) is 0 Å². The quantitative estimate of drug-likeness (QED) is 0.0419. The van der Waals surface area contributed by atoms with Gasteiger partial charge in [-0.1, -0.05) is 224 Å². The predicted molar refractivity (Wildman–Crippen MR) is 261 cm³/mol. The van der Waals surface area contributed by atoms with E-state index in [1.54, 1.807) is 0 Å². The molecule has 0 rings (SSSR count). The minimum atomic E-state index is -2.46. The van der Waals surface area contributed by atoms with Crippen LogP contribution in [0.1, 0.15) is 284 Å². The molecule has 2 atom stereocenters. The van der Waals surface area contributed by atoms with Crippen LogP contribution in [0.2, 0.25) is 0 Å². The number of carbonyl (C=O) groups excluding carboxylic acids is 2. The van der Waals surface area contributed by atoms with Crippen molar-refractivity contribution in [2.75, 3.05) is 6.61 Å². The summed E-state index contributed by atoms with van der Waals surface area (Å²) in [5.74, 6) is -1.08. The maximum atomic E-state index is 13.8. The van der Waals surface area contributed by atoms with Crippen LogP contribution in [0.25, 0.3) is 0 Å². The molecule has 60 heavy (non-hydrogen) atoms. The van der Waals surface area contributed by atoms with Crippen LogP contribution in [0.4, 0.5) is 0 Å². The number of aliphatic hydroxyl groups excluding tert-OH is 1. The number of aliphatic hydroxyl groups is 3. The average molecular weight is 843 g/mol. The zero-order valence-electron chi connectivity index (χ0n) is 40.3. The van der Waals surface area contributed by atoms with Crippen molar-refractivity contribution in [2.24, 2.45) is 0 Å². The van der Waals surface area contributed by atoms with Gasteiger partial charge in [-0.2, -0.15) is 0 Å². The van der Waals surface area contributed by atoms with Crippen molar-refractivity contribution in [2.45, 2.75) is 295 Å². The Morgan fingerprint density at radius 1 is 0.350 bits per heavy atom. The smallest absolute Gasteiger partial charge is 0.181 e. The van der Waals surface area contributed by atoms with Gasteiger partial charge < -0.3 is 15.3 Å². The van der Waals surface area contributed by atoms with Gasteiger partial charge in [0.25, 0.3) is 0 Å². The maximum absolute atomic E-state index is 13.8. The SMILES string of the molecule is CCCCCC=CCC=CCCCCCCCCC(O)(C(=O)CCCCCCCC=CCCCCCCCC)C(O)(CO)C(=O)CCCCCCCCCCCCCCC. The molecule has 352 valence electrons. The fourth-order valence-corrected chi connectivity index (χ4v) is 8.47. The van der Waals surface area contributed by atoms with Gasteiger partial charge in [0.2, 0.25) is 0 Å². The van der Waals surface area contributed by atoms with Gasteiger partial charge >= 0.3 is 0 Å². The van der Waals surface area contributed by atoms with Crippen LogP contribution in [0, 0.1) is 0 Å². The fraction of sp³-hybridized carbons (Fsp3) is 0.855. The molecule has 0 aromatic heterocycles. The van der Waals surface area contributed by atoms with Crippen LogP contribution < -0.4 is 0 Å². The molecule has 2 unspecified atom stereocenters. The molecular weight excluding hydrogens is 741 g/mol. The summed E-state index contributed by atoms with van der Waals surface area (Å²) in [4.78, 5) is 27.4. The molecule has 0 spiro atoms. The predicted octanol–water partition coefficient (Wildman–Crippen LogP) is 16.3. The number of carbonyl (C=O) groups is 2. The molecular formula is C55H102O5. The number of ketones is 2. The maximum Gasteiger partial charge on any atom is 0.181 e. The Bertz CT molecular complexity index is 1030. The Kier molecular flexibility index (Phi) is 42.9. The molecule has 0 saturated carbocycles. The molecule has 0 aromatic carbocycles. The normalized spacial score (nSPS) is 14.2. The van der Waals surface area contributed by atoms with Crippen molar-refractivity contribution >= 4 is 11.6 Å². The van der Waals surface area contributed by atoms with E-state index in [0.717, 1.165) is 96.3 Å². The van der Waals surface area contributed by atoms with Crippen LogP contribution in [-0.2, 0) is 9.59 Å². The van der Waals surface area contributed by atoms with E-state index in [4.69, 9.17) is 0 Å². The van der Waals surface area contributed by atoms with Crippen molar-refractivity contribution in [1.82, 2.24) is 0 Å². The number of hydrogen-bond acceptors (Lipinski definition) is 5. The first-order valence-corrected chi connectivity index (χ1v) is 26.4. The summed E-state index contributed by atoms with van der Waals surface area (Å²) in [5.41, 5.74) is -4.72. The highest BCUT2D eigenvalue weighted by atomic mass is 16.4. The van der Waals surface area contributed by atoms with Gasteiger partial charge in [-0.15, -0.1) is 0 Å². The van der Waals surface area contributed by atoms with E-state index in [-0.39, 0.29) is 19.3 Å². The molecule has 0 aromatic rings. The third kappa shape index (κ3) is 32.2. The van der Waals surface area contributed by atoms with Crippen LogP contribution >= 0.6 is 0 Å². The van der Waals surface area contributed by atoms with Gasteiger partial charge in [0.1, 0.15) is 0 Å². The van der Waals surface area contributed by atoms with E-state index in [0.29, 0.717) is 19.3 Å². The molecule has 0 saturated heterocycles. The minimum Gasteiger partial charge on any atom is -0.393 e. The van der Waals surface area contributed by atoms with E-state index in [9.17, 15) is 24.9 Å². The second-order valence-corrected chi connectivity index (χ2v) is 18.4. The largest absolute Gasteiger partial charge is 0.393 e. The Balaban J connectivity index is 4.85. The summed E-state index contributed by atoms with van der Waals surface area (Å²) in [7, 11) is 0. The number of unbranched alkanes of at least 4 members (excludes halogenated alkanes) is 32. The van der Waals surface area contributed by atoms with Crippen LogP contribution in [0.15, 0.2) is 36.5 Å². The number of hydrogen-bond donors (Lipinski definition) is 3. The number of allylic oxidation sites excluding steroid dienone is 6. The van der Waals surface area contributed by atoms with E-state index in [2.05, 4.69) is 57.2 Å². The monoisotopic (exact) mass is 843 g/mol. The second-order valence-electron chi connectivity index (χ2n) is 18.4. The minimum absolute atomic E-state index is 0.00696. The van der Waals surface area contributed by atoms with Crippen LogP contribution in [-0.4, -0.2) is 44.7 Å². The highest BCUT2D eigenvalue weighted by molar-refractivity contribution is 5.99. The van der Waals surface area contributed by atoms with Crippen molar-refractivity contribution < 1.29 is 24.9 Å². The lowest BCUT2D eigenvalue weighted by Gasteiger charge is -2.40. The lowest BCUT2D eigenvalue weighted by Crippen LogP contribution is -2.65. The van der Waals surface area contributed by atoms with Crippen LogP contribution in [0.3, 0.4) is 0 Å². The summed E-state index contributed by atoms with van der Waals surface area (Å²) >= 11 is 0. The molecule has 5 nitrogen and oxygen atoms in total. The Labute approximate surface area is 373 Å². The highest BCUT2D eigenvalue weighted by Crippen LogP contribution is 2.34. The summed E-state index contributed by atoms with van der Waals surface area (Å²) in [6.45, 7) is 5.82. The molecule has 0 aliphatic heterocycles. The van der Waals surface area contributed by atoms with Gasteiger partial charge in [0, 0.05) is 12.8 Å². The summed E-state index contributed by atoms with van der Waals surface area (Å²) in [6.07, 6.45) is 57.2. The lowest BCUT2D eigenvalue weighted by molar-refractivity contribution is -0.192. The zero-order chi connectivity index (χ0) is 44.1. The van der Waals surface area contributed by atoms with Gasteiger partial charge in [0.15, 0.2) is 22.8 Å². The Morgan fingerprint density at radius 2 is 0.617 bits per heavy atom. The van der Waals surface area contributed by atoms with Crippen molar-refractivity contribution in [3.8, 4) is 0 Å². The molecule has 5 heteroatoms. The third-order valence-electron chi connectivity index (χ3n) is 12.7. The first-order chi connectivity index (χ1) is 29.3. The third-order valence-corrected chi connectivity index (χ3v) is 12.7. The molecule has 0 aliphatic rings. The Morgan fingerprint density at radius 3 is 0.983 bits per heavy atom. The van der Waals surface area contributed by atoms with Crippen LogP contribution in [0.5, 0.6) is 0 Å². The molecule has 0 aliphatic carbocycles. The summed E-state index contributed by atoms with van der Waals surface area (Å²) in [5, 5.41) is 34.2. The number of Topliss-reactive ketones (excluding diaryl/α,β-unsaturated/α-hetero) is 2. The first kappa shape index (κ1) is 58.4. The Hall–Kier alpha value is -1.56. The van der Waals surface area contributed by atoms with Gasteiger partial charge in [-0.05, 0) is 83.5 Å².